The largest absolute Gasteiger partial charge is 0.465 e. The molecular formula is C30H40N2O6. The van der Waals surface area contributed by atoms with Crippen molar-refractivity contribution in [3.63, 3.8) is 0 Å². The summed E-state index contributed by atoms with van der Waals surface area (Å²) in [5, 5.41) is 10.1. The van der Waals surface area contributed by atoms with Gasteiger partial charge >= 0.3 is 5.97 Å². The Morgan fingerprint density at radius 1 is 1.29 bits per heavy atom. The van der Waals surface area contributed by atoms with Gasteiger partial charge in [-0.15, -0.1) is 13.2 Å². The van der Waals surface area contributed by atoms with E-state index in [0.717, 1.165) is 29.7 Å². The number of benzene rings is 1. The molecule has 3 aliphatic rings. The number of carbonyl (C=O) groups is 3. The molecule has 38 heavy (non-hydrogen) atoms. The molecule has 1 aromatic rings. The van der Waals surface area contributed by atoms with Crippen LogP contribution in [-0.4, -0.2) is 71.3 Å². The zero-order chi connectivity index (χ0) is 27.6. The lowest BCUT2D eigenvalue weighted by atomic mass is 9.70. The summed E-state index contributed by atoms with van der Waals surface area (Å²) in [6.07, 6.45) is 6.48. The number of hydrogen-bond donors (Lipinski definition) is 1. The Kier molecular flexibility index (Phi) is 8.43. The van der Waals surface area contributed by atoms with Crippen molar-refractivity contribution in [1.29, 1.82) is 0 Å². The minimum atomic E-state index is -1.15. The number of aryl methyl sites for hydroxylation is 2. The third-order valence-electron chi connectivity index (χ3n) is 8.26. The van der Waals surface area contributed by atoms with Crippen LogP contribution in [0.1, 0.15) is 50.2 Å². The van der Waals surface area contributed by atoms with E-state index in [2.05, 4.69) is 13.2 Å². The van der Waals surface area contributed by atoms with Crippen molar-refractivity contribution in [2.75, 3.05) is 24.7 Å². The molecule has 0 saturated carbocycles. The van der Waals surface area contributed by atoms with E-state index in [-0.39, 0.29) is 31.6 Å². The van der Waals surface area contributed by atoms with Gasteiger partial charge in [0.25, 0.3) is 5.91 Å². The molecule has 8 nitrogen and oxygen atoms in total. The highest BCUT2D eigenvalue weighted by Crippen LogP contribution is 2.59. The molecule has 2 unspecified atom stereocenters. The van der Waals surface area contributed by atoms with E-state index in [4.69, 9.17) is 9.47 Å². The number of ether oxygens (including phenoxy) is 2. The maximum Gasteiger partial charge on any atom is 0.312 e. The number of hydrogen-bond acceptors (Lipinski definition) is 6. The van der Waals surface area contributed by atoms with Gasteiger partial charge in [0.2, 0.25) is 5.91 Å². The molecule has 2 bridgehead atoms. The fraction of sp³-hybridized carbons (Fsp3) is 0.567. The van der Waals surface area contributed by atoms with Gasteiger partial charge in [-0.25, -0.2) is 0 Å². The average Bonchev–Trinajstić information content (AvgIpc) is 3.55. The summed E-state index contributed by atoms with van der Waals surface area (Å²) in [7, 11) is 0. The standard InChI is InChI=1S/C30H40N2O6/c1-6-8-9-10-16-37-29(36)24-23-13-14-30(38-23)25(24)27(34)32(21(5)18-33)26(30)28(35)31(15-7-2)22-17-19(3)11-12-20(22)4/h6-7,11-12,17,21,23-26,33H,1-2,8-10,13-16,18H2,3-5H3/t21-,23-,24+,25+,26?,30?/m1/s1. The molecule has 0 aliphatic carbocycles. The molecule has 0 radical (unpaired) electrons. The van der Waals surface area contributed by atoms with Gasteiger partial charge < -0.3 is 24.4 Å². The second-order valence-corrected chi connectivity index (χ2v) is 10.8. The summed E-state index contributed by atoms with van der Waals surface area (Å²) in [5.41, 5.74) is 1.51. The number of carbonyl (C=O) groups excluding carboxylic acids is 3. The number of aliphatic hydroxyl groups excluding tert-OH is 1. The topological polar surface area (TPSA) is 96.4 Å². The molecule has 8 heteroatoms. The lowest BCUT2D eigenvalue weighted by molar-refractivity contribution is -0.155. The monoisotopic (exact) mass is 524 g/mol. The van der Waals surface area contributed by atoms with Gasteiger partial charge in [0.15, 0.2) is 0 Å². The highest BCUT2D eigenvalue weighted by atomic mass is 16.6. The second kappa shape index (κ2) is 11.4. The third-order valence-corrected chi connectivity index (χ3v) is 8.26. The number of unbranched alkanes of at least 4 members (excludes halogenated alkanes) is 2. The van der Waals surface area contributed by atoms with E-state index >= 15 is 0 Å². The number of rotatable bonds is 12. The number of anilines is 1. The van der Waals surface area contributed by atoms with Crippen LogP contribution >= 0.6 is 0 Å². The Balaban J connectivity index is 1.69. The molecular weight excluding hydrogens is 484 g/mol. The highest BCUT2D eigenvalue weighted by Gasteiger charge is 2.75. The molecule has 6 atom stereocenters. The summed E-state index contributed by atoms with van der Waals surface area (Å²) in [6, 6.07) is 4.29. The van der Waals surface area contributed by atoms with Crippen LogP contribution in [0.25, 0.3) is 0 Å². The fourth-order valence-corrected chi connectivity index (χ4v) is 6.45. The van der Waals surface area contributed by atoms with Crippen LogP contribution in [0.5, 0.6) is 0 Å². The molecule has 3 saturated heterocycles. The molecule has 4 rings (SSSR count). The van der Waals surface area contributed by atoms with Crippen molar-refractivity contribution in [3.05, 3.63) is 54.6 Å². The quantitative estimate of drug-likeness (QED) is 0.256. The van der Waals surface area contributed by atoms with Gasteiger partial charge in [-0.05, 0) is 70.1 Å². The molecule has 0 aromatic heterocycles. The summed E-state index contributed by atoms with van der Waals surface area (Å²) < 4.78 is 12.1. The molecule has 2 amide bonds. The molecule has 3 aliphatic heterocycles. The Hall–Kier alpha value is -2.97. The molecule has 206 valence electrons. The Bertz CT molecular complexity index is 1100. The Labute approximate surface area is 225 Å². The smallest absolute Gasteiger partial charge is 0.312 e. The van der Waals surface area contributed by atoms with Crippen molar-refractivity contribution in [1.82, 2.24) is 4.90 Å². The molecule has 1 N–H and O–H groups in total. The normalized spacial score (nSPS) is 28.2. The number of esters is 1. The zero-order valence-corrected chi connectivity index (χ0v) is 22.7. The number of nitrogens with zero attached hydrogens (tertiary/aromatic N) is 2. The van der Waals surface area contributed by atoms with Crippen LogP contribution < -0.4 is 4.90 Å². The van der Waals surface area contributed by atoms with Gasteiger partial charge in [0.1, 0.15) is 11.6 Å². The SMILES string of the molecule is C=CCCCCOC(=O)[C@@H]1[C@H]2C(=O)N([C@H](C)CO)C(C(=O)N(CC=C)c3cc(C)ccc3C)C23CC[C@H]1O3. The summed E-state index contributed by atoms with van der Waals surface area (Å²) in [5.74, 6) is -2.67. The summed E-state index contributed by atoms with van der Waals surface area (Å²) in [6.45, 7) is 13.4. The minimum absolute atomic E-state index is 0.246. The van der Waals surface area contributed by atoms with Gasteiger partial charge in [-0.3, -0.25) is 14.4 Å². The lowest BCUT2D eigenvalue weighted by Gasteiger charge is -2.38. The predicted molar refractivity (Wildman–Crippen MR) is 144 cm³/mol. The maximum absolute atomic E-state index is 14.4. The molecule has 3 heterocycles. The van der Waals surface area contributed by atoms with E-state index in [0.29, 0.717) is 19.3 Å². The zero-order valence-electron chi connectivity index (χ0n) is 22.7. The van der Waals surface area contributed by atoms with E-state index < -0.39 is 41.6 Å². The first-order valence-electron chi connectivity index (χ1n) is 13.6. The van der Waals surface area contributed by atoms with Crippen LogP contribution in [-0.2, 0) is 23.9 Å². The van der Waals surface area contributed by atoms with Crippen molar-refractivity contribution in [3.8, 4) is 0 Å². The summed E-state index contributed by atoms with van der Waals surface area (Å²) >= 11 is 0. The van der Waals surface area contributed by atoms with E-state index in [9.17, 15) is 19.5 Å². The molecule has 3 fully saturated rings. The highest BCUT2D eigenvalue weighted by molar-refractivity contribution is 6.05. The van der Waals surface area contributed by atoms with Crippen molar-refractivity contribution in [2.24, 2.45) is 11.8 Å². The van der Waals surface area contributed by atoms with Crippen molar-refractivity contribution in [2.45, 2.75) is 76.7 Å². The van der Waals surface area contributed by atoms with E-state index in [1.165, 1.54) is 4.90 Å². The Morgan fingerprint density at radius 3 is 2.74 bits per heavy atom. The first kappa shape index (κ1) is 28.0. The van der Waals surface area contributed by atoms with Crippen LogP contribution in [0.4, 0.5) is 5.69 Å². The maximum atomic E-state index is 14.4. The van der Waals surface area contributed by atoms with E-state index in [1.54, 1.807) is 17.9 Å². The molecule has 1 aromatic carbocycles. The fourth-order valence-electron chi connectivity index (χ4n) is 6.45. The van der Waals surface area contributed by atoms with Crippen LogP contribution in [0.3, 0.4) is 0 Å². The lowest BCUT2D eigenvalue weighted by Crippen LogP contribution is -2.58. The number of likely N-dealkylation sites (tertiary alicyclic amines) is 1. The number of aliphatic hydroxyl groups is 1. The minimum Gasteiger partial charge on any atom is -0.465 e. The number of amides is 2. The third kappa shape index (κ3) is 4.69. The predicted octanol–water partition coefficient (Wildman–Crippen LogP) is 3.48. The van der Waals surface area contributed by atoms with Crippen LogP contribution in [0.2, 0.25) is 0 Å². The first-order valence-corrected chi connectivity index (χ1v) is 13.6. The van der Waals surface area contributed by atoms with E-state index in [1.807, 2.05) is 38.1 Å². The van der Waals surface area contributed by atoms with Gasteiger partial charge in [0.05, 0.1) is 37.2 Å². The first-order chi connectivity index (χ1) is 18.2. The van der Waals surface area contributed by atoms with Crippen LogP contribution in [0, 0.1) is 25.7 Å². The Morgan fingerprint density at radius 2 is 2.05 bits per heavy atom. The van der Waals surface area contributed by atoms with Gasteiger partial charge in [0, 0.05) is 12.2 Å². The van der Waals surface area contributed by atoms with Crippen LogP contribution in [0.15, 0.2) is 43.5 Å². The summed E-state index contributed by atoms with van der Waals surface area (Å²) in [4.78, 5) is 44.8. The van der Waals surface area contributed by atoms with Crippen molar-refractivity contribution >= 4 is 23.5 Å². The second-order valence-electron chi connectivity index (χ2n) is 10.8. The molecule has 1 spiro atoms. The number of fused-ring (bicyclic) bond motifs is 1. The average molecular weight is 525 g/mol. The van der Waals surface area contributed by atoms with Gasteiger partial charge in [-0.2, -0.15) is 0 Å². The van der Waals surface area contributed by atoms with Gasteiger partial charge in [-0.1, -0.05) is 24.3 Å². The van der Waals surface area contributed by atoms with Crippen molar-refractivity contribution < 1.29 is 29.0 Å². The number of allylic oxidation sites excluding steroid dienone is 1.